The molecule has 0 aromatic carbocycles. The van der Waals surface area contributed by atoms with E-state index >= 15 is 0 Å². The van der Waals surface area contributed by atoms with E-state index < -0.39 is 30.6 Å². The van der Waals surface area contributed by atoms with Gasteiger partial charge in [-0.1, -0.05) is 0 Å². The largest absolute Gasteiger partial charge is 0.405 e. The number of alkyl halides is 3. The first-order valence-electron chi connectivity index (χ1n) is 8.33. The average molecular weight is 387 g/mol. The van der Waals surface area contributed by atoms with Gasteiger partial charge in [0.25, 0.3) is 0 Å². The monoisotopic (exact) mass is 386 g/mol. The third kappa shape index (κ3) is 6.31. The van der Waals surface area contributed by atoms with Crippen molar-refractivity contribution in [2.24, 2.45) is 5.92 Å². The summed E-state index contributed by atoms with van der Waals surface area (Å²) in [6, 6.07) is -1.67. The molecule has 146 valence electrons. The van der Waals surface area contributed by atoms with E-state index in [0.717, 1.165) is 0 Å². The van der Waals surface area contributed by atoms with Gasteiger partial charge in [0, 0.05) is 52.7 Å². The number of hydrogen-bond acceptors (Lipinski definition) is 4. The van der Waals surface area contributed by atoms with Gasteiger partial charge in [0.15, 0.2) is 0 Å². The third-order valence-corrected chi connectivity index (χ3v) is 4.68. The Balaban J connectivity index is 0.00000312. The number of hydrogen-bond donors (Lipinski definition) is 2. The molecule has 2 rings (SSSR count). The Kier molecular flexibility index (Phi) is 8.43. The van der Waals surface area contributed by atoms with Crippen molar-refractivity contribution in [3.8, 4) is 0 Å². The lowest BCUT2D eigenvalue weighted by Gasteiger charge is -2.36. The molecule has 2 atom stereocenters. The third-order valence-electron chi connectivity index (χ3n) is 4.68. The first-order chi connectivity index (χ1) is 11.3. The fraction of sp³-hybridized carbons (Fsp3) is 0.867. The van der Waals surface area contributed by atoms with Crippen LogP contribution in [0.1, 0.15) is 19.8 Å². The highest BCUT2D eigenvalue weighted by molar-refractivity contribution is 5.85. The number of piperidine rings is 1. The summed E-state index contributed by atoms with van der Waals surface area (Å²) < 4.78 is 39.9. The maximum absolute atomic E-state index is 13.3. The van der Waals surface area contributed by atoms with Gasteiger partial charge in [-0.25, -0.2) is 0 Å². The highest BCUT2D eigenvalue weighted by atomic mass is 35.5. The van der Waals surface area contributed by atoms with Gasteiger partial charge >= 0.3 is 6.18 Å². The topological polar surface area (TPSA) is 64.7 Å². The van der Waals surface area contributed by atoms with Crippen molar-refractivity contribution in [3.05, 3.63) is 0 Å². The van der Waals surface area contributed by atoms with Crippen molar-refractivity contribution < 1.29 is 22.8 Å². The Morgan fingerprint density at radius 3 is 2.44 bits per heavy atom. The Morgan fingerprint density at radius 1 is 1.24 bits per heavy atom. The van der Waals surface area contributed by atoms with Gasteiger partial charge in [-0.3, -0.25) is 14.5 Å². The fourth-order valence-electron chi connectivity index (χ4n) is 3.26. The molecule has 2 amide bonds. The molecule has 0 bridgehead atoms. The molecular formula is C15H26ClF3N4O2. The van der Waals surface area contributed by atoms with Crippen LogP contribution in [0.25, 0.3) is 0 Å². The molecule has 10 heteroatoms. The molecule has 2 N–H and O–H groups in total. The van der Waals surface area contributed by atoms with E-state index in [2.05, 4.69) is 10.6 Å². The van der Waals surface area contributed by atoms with Gasteiger partial charge in [0.05, 0.1) is 5.92 Å². The molecule has 25 heavy (non-hydrogen) atoms. The lowest BCUT2D eigenvalue weighted by molar-refractivity contribution is -0.184. The molecule has 2 unspecified atom stereocenters. The molecule has 0 aromatic rings. The van der Waals surface area contributed by atoms with Crippen molar-refractivity contribution >= 4 is 24.2 Å². The molecule has 2 fully saturated rings. The lowest BCUT2D eigenvalue weighted by atomic mass is 9.97. The first-order valence-corrected chi connectivity index (χ1v) is 8.33. The summed E-state index contributed by atoms with van der Waals surface area (Å²) in [6.45, 7) is 3.51. The van der Waals surface area contributed by atoms with Crippen LogP contribution in [-0.2, 0) is 9.59 Å². The summed E-state index contributed by atoms with van der Waals surface area (Å²) >= 11 is 0. The second kappa shape index (κ2) is 9.59. The van der Waals surface area contributed by atoms with Gasteiger partial charge in [0.1, 0.15) is 6.04 Å². The maximum Gasteiger partial charge on any atom is 0.405 e. The number of nitrogens with one attached hydrogen (secondary N) is 2. The number of rotatable bonds is 4. The van der Waals surface area contributed by atoms with Crippen LogP contribution in [0.15, 0.2) is 0 Å². The van der Waals surface area contributed by atoms with Gasteiger partial charge in [-0.2, -0.15) is 13.2 Å². The van der Waals surface area contributed by atoms with E-state index in [4.69, 9.17) is 0 Å². The summed E-state index contributed by atoms with van der Waals surface area (Å²) in [5, 5.41) is 5.48. The molecule has 2 saturated heterocycles. The van der Waals surface area contributed by atoms with Gasteiger partial charge in [-0.05, 0) is 12.8 Å². The predicted octanol–water partition coefficient (Wildman–Crippen LogP) is 0.619. The van der Waals surface area contributed by atoms with E-state index in [-0.39, 0.29) is 24.9 Å². The highest BCUT2D eigenvalue weighted by Crippen LogP contribution is 2.25. The van der Waals surface area contributed by atoms with E-state index in [9.17, 15) is 22.8 Å². The molecule has 2 aliphatic rings. The van der Waals surface area contributed by atoms with E-state index in [0.29, 0.717) is 45.6 Å². The van der Waals surface area contributed by atoms with Crippen LogP contribution in [0.2, 0.25) is 0 Å². The zero-order valence-corrected chi connectivity index (χ0v) is 15.1. The van der Waals surface area contributed by atoms with Gasteiger partial charge in [0.2, 0.25) is 11.8 Å². The van der Waals surface area contributed by atoms with Crippen molar-refractivity contribution in [2.75, 3.05) is 45.8 Å². The van der Waals surface area contributed by atoms with E-state index in [1.165, 1.54) is 11.8 Å². The van der Waals surface area contributed by atoms with Gasteiger partial charge < -0.3 is 15.5 Å². The number of amides is 2. The summed E-state index contributed by atoms with van der Waals surface area (Å²) in [7, 11) is 0. The number of nitrogens with zero attached hydrogens (tertiary/aromatic N) is 2. The van der Waals surface area contributed by atoms with E-state index in [1.807, 2.05) is 0 Å². The van der Waals surface area contributed by atoms with Crippen LogP contribution in [0.4, 0.5) is 13.2 Å². The Labute approximate surface area is 151 Å². The molecule has 0 saturated carbocycles. The second-order valence-corrected chi connectivity index (χ2v) is 6.39. The molecule has 2 aliphatic heterocycles. The number of carbonyl (C=O) groups excluding carboxylic acids is 2. The summed E-state index contributed by atoms with van der Waals surface area (Å²) in [6.07, 6.45) is -3.10. The minimum Gasteiger partial charge on any atom is -0.354 e. The van der Waals surface area contributed by atoms with Crippen molar-refractivity contribution in [2.45, 2.75) is 32.0 Å². The minimum absolute atomic E-state index is 0. The quantitative estimate of drug-likeness (QED) is 0.743. The van der Waals surface area contributed by atoms with Crippen LogP contribution in [0.3, 0.4) is 0 Å². The zero-order chi connectivity index (χ0) is 17.7. The van der Waals surface area contributed by atoms with Crippen molar-refractivity contribution in [1.82, 2.24) is 20.4 Å². The highest BCUT2D eigenvalue weighted by Gasteiger charge is 2.44. The molecule has 2 heterocycles. The predicted molar refractivity (Wildman–Crippen MR) is 89.5 cm³/mol. The number of likely N-dealkylation sites (tertiary alicyclic amines) is 1. The van der Waals surface area contributed by atoms with Crippen LogP contribution in [-0.4, -0.2) is 79.6 Å². The average Bonchev–Trinajstić information content (AvgIpc) is 2.54. The minimum atomic E-state index is -4.39. The zero-order valence-electron chi connectivity index (χ0n) is 14.3. The standard InChI is InChI=1S/C15H25F3N4O2.ClH/c1-11(23)22-6-2-3-12(10-22)14(24)20-9-13(15(16,17)18)21-7-4-19-5-8-21;/h12-13,19H,2-10H2,1H3,(H,20,24);1H. The SMILES string of the molecule is CC(=O)N1CCCC(C(=O)NCC(N2CCNCC2)C(F)(F)F)C1.Cl. The maximum atomic E-state index is 13.3. The van der Waals surface area contributed by atoms with Crippen LogP contribution in [0.5, 0.6) is 0 Å². The Morgan fingerprint density at radius 2 is 1.88 bits per heavy atom. The smallest absolute Gasteiger partial charge is 0.354 e. The second-order valence-electron chi connectivity index (χ2n) is 6.39. The molecule has 0 radical (unpaired) electrons. The van der Waals surface area contributed by atoms with Crippen LogP contribution in [0, 0.1) is 5.92 Å². The number of halogens is 4. The molecule has 6 nitrogen and oxygen atoms in total. The Bertz CT molecular complexity index is 459. The Hall–Kier alpha value is -1.06. The van der Waals surface area contributed by atoms with E-state index in [1.54, 1.807) is 4.90 Å². The fourth-order valence-corrected chi connectivity index (χ4v) is 3.26. The summed E-state index contributed by atoms with van der Waals surface area (Å²) in [5.41, 5.74) is 0. The molecular weight excluding hydrogens is 361 g/mol. The van der Waals surface area contributed by atoms with Crippen LogP contribution >= 0.6 is 12.4 Å². The first kappa shape index (κ1) is 22.0. The summed E-state index contributed by atoms with van der Waals surface area (Å²) in [5.74, 6) is -0.939. The molecule has 0 aromatic heterocycles. The number of piperazine rings is 1. The lowest BCUT2D eigenvalue weighted by Crippen LogP contribution is -2.58. The molecule has 0 spiro atoms. The van der Waals surface area contributed by atoms with Crippen molar-refractivity contribution in [1.29, 1.82) is 0 Å². The van der Waals surface area contributed by atoms with Crippen molar-refractivity contribution in [3.63, 3.8) is 0 Å². The van der Waals surface area contributed by atoms with Crippen LogP contribution < -0.4 is 10.6 Å². The normalized spacial score (nSPS) is 23.5. The number of carbonyl (C=O) groups is 2. The molecule has 0 aliphatic carbocycles. The summed E-state index contributed by atoms with van der Waals surface area (Å²) in [4.78, 5) is 26.6. The van der Waals surface area contributed by atoms with Gasteiger partial charge in [-0.15, -0.1) is 12.4 Å².